The topological polar surface area (TPSA) is 63.6 Å². The Morgan fingerprint density at radius 1 is 1.11 bits per heavy atom. The maximum absolute atomic E-state index is 12.2. The summed E-state index contributed by atoms with van der Waals surface area (Å²) in [7, 11) is 0. The van der Waals surface area contributed by atoms with Crippen molar-refractivity contribution in [1.82, 2.24) is 0 Å². The standard InChI is InChI=1S/C23H21ClO4/c1-23(2,3)28-21(22(26)27)20-16(13-25)12-15-6-4-5-7-18(15)19(20)14-8-10-17(24)11-9-14/h4-13,21H,1-3H3,(H,26,27). The summed E-state index contributed by atoms with van der Waals surface area (Å²) in [6.45, 7) is 5.35. The normalized spacial score (nSPS) is 12.7. The van der Waals surface area contributed by atoms with Crippen molar-refractivity contribution < 1.29 is 19.4 Å². The van der Waals surface area contributed by atoms with Gasteiger partial charge in [-0.1, -0.05) is 48.0 Å². The van der Waals surface area contributed by atoms with Crippen molar-refractivity contribution in [3.8, 4) is 11.1 Å². The van der Waals surface area contributed by atoms with Crippen molar-refractivity contribution >= 4 is 34.6 Å². The molecule has 1 N–H and O–H groups in total. The van der Waals surface area contributed by atoms with E-state index < -0.39 is 17.7 Å². The summed E-state index contributed by atoms with van der Waals surface area (Å²) >= 11 is 6.04. The van der Waals surface area contributed by atoms with E-state index in [1.165, 1.54) is 0 Å². The minimum atomic E-state index is -1.30. The van der Waals surface area contributed by atoms with Gasteiger partial charge in [0.1, 0.15) is 6.29 Å². The maximum Gasteiger partial charge on any atom is 0.337 e. The van der Waals surface area contributed by atoms with Crippen molar-refractivity contribution in [3.63, 3.8) is 0 Å². The van der Waals surface area contributed by atoms with Crippen LogP contribution in [0, 0.1) is 0 Å². The average molecular weight is 397 g/mol. The third kappa shape index (κ3) is 4.08. The van der Waals surface area contributed by atoms with Crippen LogP contribution >= 0.6 is 11.6 Å². The van der Waals surface area contributed by atoms with Gasteiger partial charge in [-0.25, -0.2) is 4.79 Å². The second-order valence-corrected chi connectivity index (χ2v) is 7.99. The number of hydrogen-bond donors (Lipinski definition) is 1. The Balaban J connectivity index is 2.42. The number of benzene rings is 3. The Kier molecular flexibility index (Phi) is 5.54. The highest BCUT2D eigenvalue weighted by Gasteiger charge is 2.32. The molecule has 0 heterocycles. The van der Waals surface area contributed by atoms with Gasteiger partial charge in [0.25, 0.3) is 0 Å². The van der Waals surface area contributed by atoms with Gasteiger partial charge in [0.2, 0.25) is 0 Å². The van der Waals surface area contributed by atoms with Crippen molar-refractivity contribution in [2.75, 3.05) is 0 Å². The van der Waals surface area contributed by atoms with Gasteiger partial charge in [-0.3, -0.25) is 4.79 Å². The molecule has 0 aliphatic rings. The lowest BCUT2D eigenvalue weighted by Crippen LogP contribution is -2.28. The quantitative estimate of drug-likeness (QED) is 0.544. The lowest BCUT2D eigenvalue weighted by Gasteiger charge is -2.28. The first-order chi connectivity index (χ1) is 13.2. The average Bonchev–Trinajstić information content (AvgIpc) is 2.64. The number of carbonyl (C=O) groups excluding carboxylic acids is 1. The fourth-order valence-electron chi connectivity index (χ4n) is 3.28. The van der Waals surface area contributed by atoms with Gasteiger partial charge in [-0.2, -0.15) is 0 Å². The molecular formula is C23H21ClO4. The van der Waals surface area contributed by atoms with Gasteiger partial charge >= 0.3 is 5.97 Å². The van der Waals surface area contributed by atoms with Crippen LogP contribution in [0.5, 0.6) is 0 Å². The molecule has 1 unspecified atom stereocenters. The molecule has 0 saturated carbocycles. The Hall–Kier alpha value is -2.69. The first kappa shape index (κ1) is 20.1. The summed E-state index contributed by atoms with van der Waals surface area (Å²) in [4.78, 5) is 24.1. The summed E-state index contributed by atoms with van der Waals surface area (Å²) in [5.41, 5.74) is 1.35. The number of carboxylic acids is 1. The summed E-state index contributed by atoms with van der Waals surface area (Å²) in [5.74, 6) is -1.15. The number of carboxylic acid groups (broad SMARTS) is 1. The molecule has 144 valence electrons. The van der Waals surface area contributed by atoms with Crippen LogP contribution in [0.25, 0.3) is 21.9 Å². The summed E-state index contributed by atoms with van der Waals surface area (Å²) in [5, 5.41) is 12.2. The first-order valence-electron chi connectivity index (χ1n) is 8.88. The molecule has 3 aromatic carbocycles. The predicted molar refractivity (Wildman–Crippen MR) is 111 cm³/mol. The largest absolute Gasteiger partial charge is 0.479 e. The smallest absolute Gasteiger partial charge is 0.337 e. The molecule has 0 aliphatic heterocycles. The highest BCUT2D eigenvalue weighted by molar-refractivity contribution is 6.30. The molecule has 0 fully saturated rings. The van der Waals surface area contributed by atoms with E-state index in [0.717, 1.165) is 16.3 Å². The molecule has 5 heteroatoms. The fraction of sp³-hybridized carbons (Fsp3) is 0.217. The molecule has 0 aliphatic carbocycles. The highest BCUT2D eigenvalue weighted by atomic mass is 35.5. The second-order valence-electron chi connectivity index (χ2n) is 7.55. The number of carbonyl (C=O) groups is 2. The highest BCUT2D eigenvalue weighted by Crippen LogP contribution is 2.40. The van der Waals surface area contributed by atoms with E-state index in [0.29, 0.717) is 28.0 Å². The Labute approximate surface area is 168 Å². The lowest BCUT2D eigenvalue weighted by atomic mass is 9.87. The molecule has 3 aromatic rings. The molecule has 0 bridgehead atoms. The second kappa shape index (κ2) is 7.74. The van der Waals surface area contributed by atoms with E-state index >= 15 is 0 Å². The molecule has 0 radical (unpaired) electrons. The number of rotatable bonds is 5. The van der Waals surface area contributed by atoms with Crippen LogP contribution in [0.4, 0.5) is 0 Å². The third-order valence-electron chi connectivity index (χ3n) is 4.34. The lowest BCUT2D eigenvalue weighted by molar-refractivity contribution is -0.160. The van der Waals surface area contributed by atoms with Crippen molar-refractivity contribution in [2.24, 2.45) is 0 Å². The molecule has 3 rings (SSSR count). The van der Waals surface area contributed by atoms with Crippen molar-refractivity contribution in [1.29, 1.82) is 0 Å². The molecule has 0 amide bonds. The van der Waals surface area contributed by atoms with E-state index in [1.54, 1.807) is 39.0 Å². The zero-order valence-corrected chi connectivity index (χ0v) is 16.7. The Morgan fingerprint density at radius 3 is 2.32 bits per heavy atom. The van der Waals surface area contributed by atoms with Crippen LogP contribution in [0.3, 0.4) is 0 Å². The van der Waals surface area contributed by atoms with E-state index in [-0.39, 0.29) is 0 Å². The summed E-state index contributed by atoms with van der Waals surface area (Å²) < 4.78 is 5.88. The SMILES string of the molecule is CC(C)(C)OC(C(=O)O)c1c(C=O)cc2ccccc2c1-c1ccc(Cl)cc1. The first-order valence-corrected chi connectivity index (χ1v) is 9.26. The molecule has 0 saturated heterocycles. The Bertz CT molecular complexity index is 1030. The van der Waals surface area contributed by atoms with Crippen molar-refractivity contribution in [3.05, 3.63) is 70.7 Å². The summed E-state index contributed by atoms with van der Waals surface area (Å²) in [6, 6.07) is 16.4. The number of aldehydes is 1. The zero-order chi connectivity index (χ0) is 20.5. The molecule has 4 nitrogen and oxygen atoms in total. The molecular weight excluding hydrogens is 376 g/mol. The maximum atomic E-state index is 12.2. The summed E-state index contributed by atoms with van der Waals surface area (Å²) in [6.07, 6.45) is -0.612. The van der Waals surface area contributed by atoms with Gasteiger partial charge in [-0.05, 0) is 60.9 Å². The number of aliphatic carboxylic acids is 1. The van der Waals surface area contributed by atoms with Crippen LogP contribution < -0.4 is 0 Å². The number of halogens is 1. The van der Waals surface area contributed by atoms with Gasteiger partial charge in [-0.15, -0.1) is 0 Å². The van der Waals surface area contributed by atoms with Crippen LogP contribution in [0.1, 0.15) is 42.8 Å². The minimum Gasteiger partial charge on any atom is -0.479 e. The van der Waals surface area contributed by atoms with Crippen molar-refractivity contribution in [2.45, 2.75) is 32.5 Å². The van der Waals surface area contributed by atoms with E-state index in [9.17, 15) is 14.7 Å². The van der Waals surface area contributed by atoms with Crippen LogP contribution in [0.2, 0.25) is 5.02 Å². The number of hydrogen-bond acceptors (Lipinski definition) is 3. The van der Waals surface area contributed by atoms with Crippen LogP contribution in [-0.2, 0) is 9.53 Å². The van der Waals surface area contributed by atoms with Gasteiger partial charge in [0.05, 0.1) is 5.60 Å². The van der Waals surface area contributed by atoms with Gasteiger partial charge in [0.15, 0.2) is 6.10 Å². The van der Waals surface area contributed by atoms with Crippen LogP contribution in [0.15, 0.2) is 54.6 Å². The minimum absolute atomic E-state index is 0.292. The predicted octanol–water partition coefficient (Wildman–Crippen LogP) is 5.91. The monoisotopic (exact) mass is 396 g/mol. The van der Waals surface area contributed by atoms with Crippen LogP contribution in [-0.4, -0.2) is 23.0 Å². The Morgan fingerprint density at radius 2 is 1.75 bits per heavy atom. The van der Waals surface area contributed by atoms with Gasteiger partial charge < -0.3 is 9.84 Å². The molecule has 0 aromatic heterocycles. The van der Waals surface area contributed by atoms with Gasteiger partial charge in [0, 0.05) is 16.1 Å². The zero-order valence-electron chi connectivity index (χ0n) is 15.9. The van der Waals surface area contributed by atoms with E-state index in [2.05, 4.69) is 0 Å². The van der Waals surface area contributed by atoms with E-state index in [4.69, 9.17) is 16.3 Å². The third-order valence-corrected chi connectivity index (χ3v) is 4.59. The molecule has 0 spiro atoms. The molecule has 28 heavy (non-hydrogen) atoms. The number of ether oxygens (including phenoxy) is 1. The molecule has 1 atom stereocenters. The number of fused-ring (bicyclic) bond motifs is 1. The van der Waals surface area contributed by atoms with E-state index in [1.807, 2.05) is 36.4 Å². The fourth-order valence-corrected chi connectivity index (χ4v) is 3.41.